The van der Waals surface area contributed by atoms with Crippen LogP contribution in [-0.2, 0) is 0 Å². The second-order valence-electron chi connectivity index (χ2n) is 7.29. The van der Waals surface area contributed by atoms with Gasteiger partial charge in [0, 0.05) is 26.2 Å². The summed E-state index contributed by atoms with van der Waals surface area (Å²) in [6.07, 6.45) is 4.98. The molecule has 1 aromatic carbocycles. The first kappa shape index (κ1) is 17.3. The number of ether oxygens (including phenoxy) is 1. The summed E-state index contributed by atoms with van der Waals surface area (Å²) in [6.45, 7) is 6.19. The molecule has 1 unspecified atom stereocenters. The van der Waals surface area contributed by atoms with Crippen LogP contribution in [-0.4, -0.2) is 58.4 Å². The van der Waals surface area contributed by atoms with Crippen LogP contribution < -0.4 is 9.64 Å². The molecule has 7 heteroatoms. The monoisotopic (exact) mass is 356 g/mol. The van der Waals surface area contributed by atoms with E-state index in [9.17, 15) is 0 Å². The first-order chi connectivity index (χ1) is 12.8. The Kier molecular flexibility index (Phi) is 5.06. The molecule has 2 fully saturated rings. The molecule has 0 radical (unpaired) electrons. The second-order valence-corrected chi connectivity index (χ2v) is 7.29. The van der Waals surface area contributed by atoms with Crippen molar-refractivity contribution in [1.82, 2.24) is 25.1 Å². The maximum absolute atomic E-state index is 5.52. The largest absolute Gasteiger partial charge is 0.495 e. The quantitative estimate of drug-likeness (QED) is 0.821. The number of methoxy groups -OCH3 is 1. The zero-order valence-corrected chi connectivity index (χ0v) is 15.7. The number of hydrogen-bond acceptors (Lipinski definition) is 6. The van der Waals surface area contributed by atoms with Crippen LogP contribution in [0, 0.1) is 0 Å². The molecule has 1 atom stereocenters. The molecule has 0 bridgehead atoms. The molecule has 1 aromatic heterocycles. The first-order valence-corrected chi connectivity index (χ1v) is 9.67. The molecule has 0 spiro atoms. The summed E-state index contributed by atoms with van der Waals surface area (Å²) in [5.74, 6) is 1.96. The lowest BCUT2D eigenvalue weighted by Crippen LogP contribution is -2.47. The maximum Gasteiger partial charge on any atom is 0.168 e. The number of rotatable bonds is 5. The van der Waals surface area contributed by atoms with Crippen LogP contribution in [0.5, 0.6) is 5.75 Å². The minimum Gasteiger partial charge on any atom is -0.495 e. The normalized spacial score (nSPS) is 20.5. The second kappa shape index (κ2) is 7.61. The van der Waals surface area contributed by atoms with Gasteiger partial charge in [-0.1, -0.05) is 25.0 Å². The van der Waals surface area contributed by atoms with E-state index in [1.165, 1.54) is 31.4 Å². The van der Waals surface area contributed by atoms with Gasteiger partial charge >= 0.3 is 0 Å². The van der Waals surface area contributed by atoms with Gasteiger partial charge in [0.25, 0.3) is 0 Å². The third-order valence-electron chi connectivity index (χ3n) is 5.85. The van der Waals surface area contributed by atoms with Crippen LogP contribution >= 0.6 is 0 Å². The van der Waals surface area contributed by atoms with Gasteiger partial charge in [0.1, 0.15) is 5.75 Å². The Morgan fingerprint density at radius 3 is 2.54 bits per heavy atom. The number of para-hydroxylation sites is 2. The molecule has 2 aliphatic rings. The van der Waals surface area contributed by atoms with E-state index in [0.717, 1.165) is 37.8 Å². The molecular formula is C19H28N6O. The summed E-state index contributed by atoms with van der Waals surface area (Å²) >= 11 is 0. The maximum atomic E-state index is 5.52. The van der Waals surface area contributed by atoms with Crippen molar-refractivity contribution in [2.45, 2.75) is 44.7 Å². The Morgan fingerprint density at radius 2 is 1.81 bits per heavy atom. The van der Waals surface area contributed by atoms with Crippen molar-refractivity contribution >= 4 is 5.69 Å². The Balaban J connectivity index is 1.43. The highest BCUT2D eigenvalue weighted by molar-refractivity contribution is 5.58. The number of hydrogen-bond donors (Lipinski definition) is 0. The van der Waals surface area contributed by atoms with Crippen molar-refractivity contribution in [2.75, 3.05) is 38.2 Å². The average molecular weight is 356 g/mol. The predicted octanol–water partition coefficient (Wildman–Crippen LogP) is 2.68. The Labute approximate surface area is 154 Å². The third-order valence-corrected chi connectivity index (χ3v) is 5.85. The number of nitrogens with zero attached hydrogens (tertiary/aromatic N) is 6. The predicted molar refractivity (Wildman–Crippen MR) is 101 cm³/mol. The van der Waals surface area contributed by atoms with E-state index < -0.39 is 0 Å². The van der Waals surface area contributed by atoms with E-state index >= 15 is 0 Å². The van der Waals surface area contributed by atoms with Gasteiger partial charge in [-0.2, -0.15) is 0 Å². The summed E-state index contributed by atoms with van der Waals surface area (Å²) in [7, 11) is 1.74. The van der Waals surface area contributed by atoms with Crippen LogP contribution in [0.2, 0.25) is 0 Å². The van der Waals surface area contributed by atoms with E-state index in [-0.39, 0.29) is 6.04 Å². The number of benzene rings is 1. The van der Waals surface area contributed by atoms with Crippen LogP contribution in [0.1, 0.15) is 50.5 Å². The molecular weight excluding hydrogens is 328 g/mol. The van der Waals surface area contributed by atoms with Crippen LogP contribution in [0.4, 0.5) is 5.69 Å². The SMILES string of the molecule is COc1ccccc1N1CCN(C(C)c2nnnn2C2CCCC2)CC1. The van der Waals surface area contributed by atoms with Crippen LogP contribution in [0.15, 0.2) is 24.3 Å². The number of aromatic nitrogens is 4. The molecule has 4 rings (SSSR count). The van der Waals surface area contributed by atoms with Crippen molar-refractivity contribution < 1.29 is 4.74 Å². The first-order valence-electron chi connectivity index (χ1n) is 9.67. The van der Waals surface area contributed by atoms with Crippen LogP contribution in [0.3, 0.4) is 0 Å². The lowest BCUT2D eigenvalue weighted by atomic mass is 10.1. The highest BCUT2D eigenvalue weighted by atomic mass is 16.5. The van der Waals surface area contributed by atoms with Gasteiger partial charge in [-0.05, 0) is 42.3 Å². The Hall–Kier alpha value is -2.15. The van der Waals surface area contributed by atoms with Gasteiger partial charge < -0.3 is 9.64 Å². The van der Waals surface area contributed by atoms with Crippen molar-refractivity contribution in [3.05, 3.63) is 30.1 Å². The number of anilines is 1. The van der Waals surface area contributed by atoms with Gasteiger partial charge in [0.2, 0.25) is 0 Å². The van der Waals surface area contributed by atoms with Gasteiger partial charge in [-0.3, -0.25) is 4.90 Å². The standard InChI is InChI=1S/C19H28N6O/c1-15(19-20-21-22-25(19)16-7-3-4-8-16)23-11-13-24(14-12-23)17-9-5-6-10-18(17)26-2/h5-6,9-10,15-16H,3-4,7-8,11-14H2,1-2H3. The molecule has 1 saturated carbocycles. The zero-order valence-electron chi connectivity index (χ0n) is 15.7. The third kappa shape index (κ3) is 3.28. The van der Waals surface area contributed by atoms with E-state index in [0.29, 0.717) is 6.04 Å². The minimum absolute atomic E-state index is 0.241. The molecule has 0 amide bonds. The van der Waals surface area contributed by atoms with E-state index in [1.54, 1.807) is 7.11 Å². The van der Waals surface area contributed by atoms with Gasteiger partial charge in [-0.15, -0.1) is 5.10 Å². The minimum atomic E-state index is 0.241. The molecule has 140 valence electrons. The molecule has 26 heavy (non-hydrogen) atoms. The average Bonchev–Trinajstić information content (AvgIpc) is 3.39. The van der Waals surface area contributed by atoms with E-state index in [4.69, 9.17) is 4.74 Å². The Morgan fingerprint density at radius 1 is 1.08 bits per heavy atom. The summed E-state index contributed by atoms with van der Waals surface area (Å²) in [6, 6.07) is 8.98. The summed E-state index contributed by atoms with van der Waals surface area (Å²) in [5, 5.41) is 12.6. The Bertz CT molecular complexity index is 718. The van der Waals surface area contributed by atoms with Gasteiger partial charge in [0.05, 0.1) is 24.9 Å². The summed E-state index contributed by atoms with van der Waals surface area (Å²) in [4.78, 5) is 4.89. The highest BCUT2D eigenvalue weighted by Gasteiger charge is 2.29. The van der Waals surface area contributed by atoms with Crippen LogP contribution in [0.25, 0.3) is 0 Å². The molecule has 2 aromatic rings. The fraction of sp³-hybridized carbons (Fsp3) is 0.632. The molecule has 1 saturated heterocycles. The molecule has 0 N–H and O–H groups in total. The summed E-state index contributed by atoms with van der Waals surface area (Å²) < 4.78 is 7.61. The lowest BCUT2D eigenvalue weighted by Gasteiger charge is -2.39. The zero-order chi connectivity index (χ0) is 17.9. The fourth-order valence-corrected chi connectivity index (χ4v) is 4.29. The number of tetrazole rings is 1. The van der Waals surface area contributed by atoms with E-state index in [2.05, 4.69) is 49.1 Å². The fourth-order valence-electron chi connectivity index (χ4n) is 4.29. The molecule has 7 nitrogen and oxygen atoms in total. The topological polar surface area (TPSA) is 59.3 Å². The molecule has 1 aliphatic carbocycles. The van der Waals surface area contributed by atoms with Gasteiger partial charge in [0.15, 0.2) is 5.82 Å². The lowest BCUT2D eigenvalue weighted by molar-refractivity contribution is 0.183. The molecule has 2 heterocycles. The smallest absolute Gasteiger partial charge is 0.168 e. The van der Waals surface area contributed by atoms with Crippen molar-refractivity contribution in [1.29, 1.82) is 0 Å². The molecule has 1 aliphatic heterocycles. The highest BCUT2D eigenvalue weighted by Crippen LogP contribution is 2.33. The van der Waals surface area contributed by atoms with Crippen molar-refractivity contribution in [3.8, 4) is 5.75 Å². The van der Waals surface area contributed by atoms with Gasteiger partial charge in [-0.25, -0.2) is 4.68 Å². The number of piperazine rings is 1. The van der Waals surface area contributed by atoms with E-state index in [1.807, 2.05) is 12.1 Å². The van der Waals surface area contributed by atoms with Crippen molar-refractivity contribution in [2.24, 2.45) is 0 Å². The summed E-state index contributed by atoms with van der Waals surface area (Å²) in [5.41, 5.74) is 1.18. The van der Waals surface area contributed by atoms with Crippen molar-refractivity contribution in [3.63, 3.8) is 0 Å².